The first-order valence-corrected chi connectivity index (χ1v) is 10.1. The Bertz CT molecular complexity index is 941. The molecule has 1 heterocycles. The second-order valence-electron chi connectivity index (χ2n) is 6.61. The van der Waals surface area contributed by atoms with Crippen LogP contribution in [0.4, 0.5) is 0 Å². The van der Waals surface area contributed by atoms with Gasteiger partial charge in [-0.05, 0) is 42.0 Å². The maximum atomic E-state index is 13.2. The van der Waals surface area contributed by atoms with Gasteiger partial charge in [0.1, 0.15) is 0 Å². The van der Waals surface area contributed by atoms with Crippen LogP contribution < -0.4 is 15.2 Å². The lowest BCUT2D eigenvalue weighted by molar-refractivity contribution is 0.174. The molecule has 0 radical (unpaired) electrons. The first-order chi connectivity index (χ1) is 12.4. The Morgan fingerprint density at radius 3 is 2.50 bits per heavy atom. The monoisotopic (exact) mass is 395 g/mol. The van der Waals surface area contributed by atoms with E-state index >= 15 is 0 Å². The normalized spacial score (nSPS) is 26.7. The van der Waals surface area contributed by atoms with Crippen LogP contribution in [0.15, 0.2) is 47.4 Å². The summed E-state index contributed by atoms with van der Waals surface area (Å²) in [6.45, 7) is -0.127. The van der Waals surface area contributed by atoms with E-state index < -0.39 is 26.4 Å². The highest BCUT2D eigenvalue weighted by atomic mass is 35.5. The first kappa shape index (κ1) is 17.6. The van der Waals surface area contributed by atoms with Crippen molar-refractivity contribution < 1.29 is 23.0 Å². The van der Waals surface area contributed by atoms with Gasteiger partial charge in [0.2, 0.25) is 6.79 Å². The molecule has 0 unspecified atom stereocenters. The van der Waals surface area contributed by atoms with Crippen LogP contribution in [0.1, 0.15) is 11.5 Å². The number of nitrogens with two attached hydrogens (primary N) is 1. The summed E-state index contributed by atoms with van der Waals surface area (Å²) in [5, 5.41) is 9.63. The molecule has 1 saturated carbocycles. The lowest BCUT2D eigenvalue weighted by Crippen LogP contribution is -2.27. The summed E-state index contributed by atoms with van der Waals surface area (Å²) in [5.74, 6) is 0.766. The molecule has 1 aliphatic carbocycles. The van der Waals surface area contributed by atoms with E-state index in [-0.39, 0.29) is 24.8 Å². The minimum absolute atomic E-state index is 0.0556. The van der Waals surface area contributed by atoms with E-state index in [1.807, 2.05) is 0 Å². The summed E-state index contributed by atoms with van der Waals surface area (Å²) in [6.07, 6.45) is 0. The second-order valence-corrected chi connectivity index (χ2v) is 9.11. The Labute approximate surface area is 156 Å². The van der Waals surface area contributed by atoms with Crippen LogP contribution in [-0.2, 0) is 9.84 Å². The van der Waals surface area contributed by atoms with Crippen LogP contribution in [-0.4, -0.2) is 38.7 Å². The molecule has 3 atom stereocenters. The van der Waals surface area contributed by atoms with Crippen molar-refractivity contribution in [2.45, 2.75) is 16.1 Å². The van der Waals surface area contributed by atoms with E-state index in [0.717, 1.165) is 5.56 Å². The molecular weight excluding hydrogens is 378 g/mol. The number of rotatable bonds is 5. The summed E-state index contributed by atoms with van der Waals surface area (Å²) >= 11 is 5.87. The van der Waals surface area contributed by atoms with Gasteiger partial charge in [0, 0.05) is 22.9 Å². The van der Waals surface area contributed by atoms with E-state index in [2.05, 4.69) is 0 Å². The molecule has 6 nitrogen and oxygen atoms in total. The molecule has 3 N–H and O–H groups in total. The number of ether oxygens (including phenoxy) is 2. The fourth-order valence-corrected chi connectivity index (χ4v) is 6.40. The molecule has 4 rings (SSSR count). The first-order valence-electron chi connectivity index (χ1n) is 8.14. The maximum Gasteiger partial charge on any atom is 0.231 e. The third kappa shape index (κ3) is 2.50. The van der Waals surface area contributed by atoms with Crippen LogP contribution >= 0.6 is 11.6 Å². The zero-order valence-corrected chi connectivity index (χ0v) is 15.3. The number of aliphatic hydroxyl groups is 1. The van der Waals surface area contributed by atoms with E-state index in [9.17, 15) is 13.5 Å². The minimum atomic E-state index is -3.70. The molecule has 0 aromatic heterocycles. The average molecular weight is 396 g/mol. The van der Waals surface area contributed by atoms with Gasteiger partial charge in [0.15, 0.2) is 21.3 Å². The highest BCUT2D eigenvalue weighted by molar-refractivity contribution is 7.92. The van der Waals surface area contributed by atoms with Gasteiger partial charge in [-0.2, -0.15) is 0 Å². The van der Waals surface area contributed by atoms with Crippen molar-refractivity contribution in [1.82, 2.24) is 0 Å². The number of aliphatic hydroxyl groups excluding tert-OH is 1. The largest absolute Gasteiger partial charge is 0.454 e. The average Bonchev–Trinajstić information content (AvgIpc) is 3.12. The van der Waals surface area contributed by atoms with Crippen LogP contribution in [0, 0.1) is 5.41 Å². The number of hydrogen-bond acceptors (Lipinski definition) is 6. The second kappa shape index (κ2) is 6.13. The SMILES string of the molecule is NC[C@]1(CO)[C@H](c2ccc3c(c2)OCO3)[C@H]1S(=O)(=O)c1ccc(Cl)cc1. The van der Waals surface area contributed by atoms with Crippen molar-refractivity contribution >= 4 is 21.4 Å². The molecule has 8 heteroatoms. The minimum Gasteiger partial charge on any atom is -0.454 e. The Kier molecular flexibility index (Phi) is 4.15. The summed E-state index contributed by atoms with van der Waals surface area (Å²) in [7, 11) is -3.70. The van der Waals surface area contributed by atoms with Crippen molar-refractivity contribution in [3.8, 4) is 11.5 Å². The quantitative estimate of drug-likeness (QED) is 0.802. The number of benzene rings is 2. The molecule has 0 spiro atoms. The fraction of sp³-hybridized carbons (Fsp3) is 0.333. The van der Waals surface area contributed by atoms with Gasteiger partial charge in [-0.3, -0.25) is 0 Å². The van der Waals surface area contributed by atoms with Gasteiger partial charge in [-0.15, -0.1) is 0 Å². The number of halogens is 1. The summed E-state index contributed by atoms with van der Waals surface area (Å²) in [4.78, 5) is 0.168. The molecule has 138 valence electrons. The maximum absolute atomic E-state index is 13.2. The van der Waals surface area contributed by atoms with Crippen molar-refractivity contribution in [2.75, 3.05) is 19.9 Å². The van der Waals surface area contributed by atoms with Gasteiger partial charge < -0.3 is 20.3 Å². The molecule has 1 fully saturated rings. The fourth-order valence-electron chi connectivity index (χ4n) is 3.82. The molecule has 2 aliphatic rings. The zero-order chi connectivity index (χ0) is 18.5. The molecule has 2 aromatic rings. The van der Waals surface area contributed by atoms with Gasteiger partial charge in [-0.25, -0.2) is 8.42 Å². The number of hydrogen-bond donors (Lipinski definition) is 2. The number of sulfone groups is 1. The lowest BCUT2D eigenvalue weighted by Gasteiger charge is -2.12. The predicted molar refractivity (Wildman–Crippen MR) is 96.3 cm³/mol. The van der Waals surface area contributed by atoms with E-state index in [4.69, 9.17) is 26.8 Å². The summed E-state index contributed by atoms with van der Waals surface area (Å²) in [5.41, 5.74) is 5.74. The molecule has 0 bridgehead atoms. The molecular formula is C18H18ClNO5S. The third-order valence-corrected chi connectivity index (χ3v) is 7.88. The smallest absolute Gasteiger partial charge is 0.231 e. The van der Waals surface area contributed by atoms with Crippen LogP contribution in [0.2, 0.25) is 5.02 Å². The van der Waals surface area contributed by atoms with E-state index in [1.54, 1.807) is 18.2 Å². The lowest BCUT2D eigenvalue weighted by atomic mass is 10.00. The van der Waals surface area contributed by atoms with Gasteiger partial charge in [-0.1, -0.05) is 17.7 Å². The third-order valence-electron chi connectivity index (χ3n) is 5.29. The molecule has 26 heavy (non-hydrogen) atoms. The van der Waals surface area contributed by atoms with Crippen molar-refractivity contribution in [3.05, 3.63) is 53.1 Å². The summed E-state index contributed by atoms with van der Waals surface area (Å²) in [6, 6.07) is 11.3. The molecule has 0 saturated heterocycles. The highest BCUT2D eigenvalue weighted by Gasteiger charge is 2.70. The van der Waals surface area contributed by atoms with E-state index in [1.165, 1.54) is 24.3 Å². The highest BCUT2D eigenvalue weighted by Crippen LogP contribution is 2.63. The topological polar surface area (TPSA) is 98.8 Å². The van der Waals surface area contributed by atoms with Crippen LogP contribution in [0.5, 0.6) is 11.5 Å². The van der Waals surface area contributed by atoms with E-state index in [0.29, 0.717) is 16.5 Å². The van der Waals surface area contributed by atoms with Gasteiger partial charge in [0.05, 0.1) is 16.8 Å². The Balaban J connectivity index is 1.76. The van der Waals surface area contributed by atoms with Crippen molar-refractivity contribution in [3.63, 3.8) is 0 Å². The van der Waals surface area contributed by atoms with Gasteiger partial charge >= 0.3 is 0 Å². The molecule has 0 amide bonds. The van der Waals surface area contributed by atoms with Crippen molar-refractivity contribution in [1.29, 1.82) is 0 Å². The standard InChI is InChI=1S/C18H18ClNO5S/c19-12-2-4-13(5-3-12)26(22,23)17-16(18(17,8-20)9-21)11-1-6-14-15(7-11)25-10-24-14/h1-7,16-17,21H,8-10,20H2/t16-,17-,18+/m1/s1. The Morgan fingerprint density at radius 2 is 1.85 bits per heavy atom. The molecule has 2 aromatic carbocycles. The van der Waals surface area contributed by atoms with Crippen LogP contribution in [0.3, 0.4) is 0 Å². The van der Waals surface area contributed by atoms with Crippen molar-refractivity contribution in [2.24, 2.45) is 11.1 Å². The molecule has 1 aliphatic heterocycles. The Hall–Kier alpha value is -1.80. The zero-order valence-electron chi connectivity index (χ0n) is 13.8. The van der Waals surface area contributed by atoms with Gasteiger partial charge in [0.25, 0.3) is 0 Å². The summed E-state index contributed by atoms with van der Waals surface area (Å²) < 4.78 is 37.1. The predicted octanol–water partition coefficient (Wildman–Crippen LogP) is 1.95. The van der Waals surface area contributed by atoms with Crippen LogP contribution in [0.25, 0.3) is 0 Å². The Morgan fingerprint density at radius 1 is 1.15 bits per heavy atom. The number of fused-ring (bicyclic) bond motifs is 1.